The van der Waals surface area contributed by atoms with Crippen LogP contribution in [0.2, 0.25) is 0 Å². The normalized spacial score (nSPS) is 9.94. The van der Waals surface area contributed by atoms with Gasteiger partial charge in [0.1, 0.15) is 17.3 Å². The van der Waals surface area contributed by atoms with E-state index in [0.29, 0.717) is 5.69 Å². The van der Waals surface area contributed by atoms with Crippen LogP contribution < -0.4 is 10.5 Å². The zero-order valence-corrected chi connectivity index (χ0v) is 9.47. The van der Waals surface area contributed by atoms with Crippen molar-refractivity contribution in [3.63, 3.8) is 0 Å². The first kappa shape index (κ1) is 11.1. The largest absolute Gasteiger partial charge is 0.496 e. The molecule has 4 nitrogen and oxygen atoms in total. The van der Waals surface area contributed by atoms with Crippen LogP contribution in [0.25, 0.3) is 11.3 Å². The second kappa shape index (κ2) is 4.65. The van der Waals surface area contributed by atoms with Crippen LogP contribution in [0, 0.1) is 5.41 Å². The van der Waals surface area contributed by atoms with Gasteiger partial charge in [0, 0.05) is 5.56 Å². The second-order valence-corrected chi connectivity index (χ2v) is 3.52. The minimum Gasteiger partial charge on any atom is -0.496 e. The lowest BCUT2D eigenvalue weighted by atomic mass is 10.1. The Morgan fingerprint density at radius 2 is 1.94 bits per heavy atom. The third kappa shape index (κ3) is 2.25. The zero-order valence-electron chi connectivity index (χ0n) is 9.47. The smallest absolute Gasteiger partial charge is 0.141 e. The monoisotopic (exact) mass is 227 g/mol. The first-order valence-corrected chi connectivity index (χ1v) is 5.17. The van der Waals surface area contributed by atoms with Gasteiger partial charge in [-0.25, -0.2) is 4.98 Å². The SMILES string of the molecule is COc1ccccc1-c1cccc(C(=N)N)n1. The van der Waals surface area contributed by atoms with E-state index in [0.717, 1.165) is 17.0 Å². The predicted molar refractivity (Wildman–Crippen MR) is 67.2 cm³/mol. The quantitative estimate of drug-likeness (QED) is 0.622. The molecule has 0 atom stereocenters. The lowest BCUT2D eigenvalue weighted by molar-refractivity contribution is 0.416. The number of para-hydroxylation sites is 1. The lowest BCUT2D eigenvalue weighted by Gasteiger charge is -2.08. The Bertz CT molecular complexity index is 552. The average Bonchev–Trinajstić information content (AvgIpc) is 2.39. The Morgan fingerprint density at radius 3 is 2.65 bits per heavy atom. The van der Waals surface area contributed by atoms with Crippen molar-refractivity contribution in [1.29, 1.82) is 5.41 Å². The second-order valence-electron chi connectivity index (χ2n) is 3.52. The highest BCUT2D eigenvalue weighted by Gasteiger charge is 2.07. The van der Waals surface area contributed by atoms with Crippen LogP contribution in [0.1, 0.15) is 5.69 Å². The minimum atomic E-state index is -0.0400. The fourth-order valence-corrected chi connectivity index (χ4v) is 1.59. The van der Waals surface area contributed by atoms with Gasteiger partial charge in [-0.15, -0.1) is 0 Å². The van der Waals surface area contributed by atoms with Gasteiger partial charge in [0.15, 0.2) is 0 Å². The van der Waals surface area contributed by atoms with Gasteiger partial charge < -0.3 is 10.5 Å². The van der Waals surface area contributed by atoms with Crippen molar-refractivity contribution in [1.82, 2.24) is 4.98 Å². The molecule has 3 N–H and O–H groups in total. The van der Waals surface area contributed by atoms with Crippen molar-refractivity contribution in [3.8, 4) is 17.0 Å². The van der Waals surface area contributed by atoms with Crippen molar-refractivity contribution in [2.45, 2.75) is 0 Å². The van der Waals surface area contributed by atoms with Gasteiger partial charge in [-0.1, -0.05) is 18.2 Å². The summed E-state index contributed by atoms with van der Waals surface area (Å²) in [5.74, 6) is 0.711. The molecule has 2 aromatic rings. The van der Waals surface area contributed by atoms with Crippen LogP contribution in [0.3, 0.4) is 0 Å². The Hall–Kier alpha value is -2.36. The molecule has 0 unspecified atom stereocenters. The van der Waals surface area contributed by atoms with Crippen molar-refractivity contribution in [3.05, 3.63) is 48.2 Å². The van der Waals surface area contributed by atoms with E-state index in [1.54, 1.807) is 13.2 Å². The van der Waals surface area contributed by atoms with E-state index in [-0.39, 0.29) is 5.84 Å². The summed E-state index contributed by atoms with van der Waals surface area (Å²) in [5, 5.41) is 7.38. The van der Waals surface area contributed by atoms with Crippen molar-refractivity contribution in [2.75, 3.05) is 7.11 Å². The maximum atomic E-state index is 7.38. The summed E-state index contributed by atoms with van der Waals surface area (Å²) in [5.41, 5.74) is 7.52. The highest BCUT2D eigenvalue weighted by atomic mass is 16.5. The van der Waals surface area contributed by atoms with Crippen LogP contribution in [0.15, 0.2) is 42.5 Å². The summed E-state index contributed by atoms with van der Waals surface area (Å²) < 4.78 is 5.28. The van der Waals surface area contributed by atoms with Gasteiger partial charge in [0.25, 0.3) is 0 Å². The summed E-state index contributed by atoms with van der Waals surface area (Å²) in [6, 6.07) is 13.0. The number of rotatable bonds is 3. The number of nitrogens with two attached hydrogens (primary N) is 1. The van der Waals surface area contributed by atoms with Crippen LogP contribution in [0.5, 0.6) is 5.75 Å². The van der Waals surface area contributed by atoms with E-state index in [4.69, 9.17) is 15.9 Å². The number of benzene rings is 1. The third-order valence-electron chi connectivity index (χ3n) is 2.41. The Balaban J connectivity index is 2.52. The number of methoxy groups -OCH3 is 1. The van der Waals surface area contributed by atoms with Crippen molar-refractivity contribution in [2.24, 2.45) is 5.73 Å². The molecule has 17 heavy (non-hydrogen) atoms. The van der Waals surface area contributed by atoms with Crippen molar-refractivity contribution >= 4 is 5.84 Å². The summed E-state index contributed by atoms with van der Waals surface area (Å²) in [4.78, 5) is 4.32. The molecule has 0 amide bonds. The topological polar surface area (TPSA) is 72.0 Å². The molecule has 0 radical (unpaired) electrons. The third-order valence-corrected chi connectivity index (χ3v) is 2.41. The summed E-state index contributed by atoms with van der Waals surface area (Å²) >= 11 is 0. The highest BCUT2D eigenvalue weighted by molar-refractivity contribution is 5.93. The van der Waals surface area contributed by atoms with Gasteiger partial charge in [0.05, 0.1) is 12.8 Å². The standard InChI is InChI=1S/C13H13N3O/c1-17-12-8-3-2-5-9(12)10-6-4-7-11(16-10)13(14)15/h2-8H,1H3,(H3,14,15). The average molecular weight is 227 g/mol. The first-order valence-electron chi connectivity index (χ1n) is 5.17. The zero-order chi connectivity index (χ0) is 12.3. The Morgan fingerprint density at radius 1 is 1.18 bits per heavy atom. The van der Waals surface area contributed by atoms with Crippen molar-refractivity contribution < 1.29 is 4.74 Å². The summed E-state index contributed by atoms with van der Waals surface area (Å²) in [6.07, 6.45) is 0. The van der Waals surface area contributed by atoms with E-state index in [1.165, 1.54) is 0 Å². The number of ether oxygens (including phenoxy) is 1. The van der Waals surface area contributed by atoms with Gasteiger partial charge in [-0.05, 0) is 24.3 Å². The van der Waals surface area contributed by atoms with Gasteiger partial charge in [-0.2, -0.15) is 0 Å². The number of aromatic nitrogens is 1. The number of amidine groups is 1. The Kier molecular flexibility index (Phi) is 3.05. The summed E-state index contributed by atoms with van der Waals surface area (Å²) in [7, 11) is 1.62. The maximum absolute atomic E-state index is 7.38. The number of nitrogens with zero attached hydrogens (tertiary/aromatic N) is 1. The molecule has 1 aromatic heterocycles. The maximum Gasteiger partial charge on any atom is 0.141 e. The molecule has 0 aliphatic rings. The highest BCUT2D eigenvalue weighted by Crippen LogP contribution is 2.27. The summed E-state index contributed by atoms with van der Waals surface area (Å²) in [6.45, 7) is 0. The van der Waals surface area contributed by atoms with Crippen LogP contribution in [-0.4, -0.2) is 17.9 Å². The number of nitrogens with one attached hydrogen (secondary N) is 1. The molecule has 86 valence electrons. The molecular formula is C13H13N3O. The first-order chi connectivity index (χ1) is 8.22. The van der Waals surface area contributed by atoms with Crippen LogP contribution >= 0.6 is 0 Å². The van der Waals surface area contributed by atoms with Gasteiger partial charge >= 0.3 is 0 Å². The fourth-order valence-electron chi connectivity index (χ4n) is 1.59. The lowest BCUT2D eigenvalue weighted by Crippen LogP contribution is -2.13. The van der Waals surface area contributed by atoms with Gasteiger partial charge in [0.2, 0.25) is 0 Å². The molecule has 0 saturated carbocycles. The van der Waals surface area contributed by atoms with Crippen LogP contribution in [0.4, 0.5) is 0 Å². The van der Waals surface area contributed by atoms with E-state index >= 15 is 0 Å². The van der Waals surface area contributed by atoms with E-state index in [1.807, 2.05) is 36.4 Å². The minimum absolute atomic E-state index is 0.0400. The van der Waals surface area contributed by atoms with E-state index in [2.05, 4.69) is 4.98 Å². The predicted octanol–water partition coefficient (Wildman–Crippen LogP) is 2.04. The molecule has 0 spiro atoms. The number of hydrogen-bond donors (Lipinski definition) is 2. The molecular weight excluding hydrogens is 214 g/mol. The van der Waals surface area contributed by atoms with Gasteiger partial charge in [-0.3, -0.25) is 5.41 Å². The molecule has 2 rings (SSSR count). The molecule has 4 heteroatoms. The number of nitrogen functional groups attached to an aromatic ring is 1. The molecule has 0 saturated heterocycles. The molecule has 0 bridgehead atoms. The van der Waals surface area contributed by atoms with E-state index in [9.17, 15) is 0 Å². The van der Waals surface area contributed by atoms with Crippen LogP contribution in [-0.2, 0) is 0 Å². The Labute approximate surface area is 99.6 Å². The number of hydrogen-bond acceptors (Lipinski definition) is 3. The fraction of sp³-hybridized carbons (Fsp3) is 0.0769. The molecule has 0 aliphatic carbocycles. The molecule has 0 aliphatic heterocycles. The molecule has 1 aromatic carbocycles. The van der Waals surface area contributed by atoms with E-state index < -0.39 is 0 Å². The molecule has 0 fully saturated rings. The molecule has 1 heterocycles. The number of pyridine rings is 1.